The molecular weight excluding hydrogens is 296 g/mol. The van der Waals surface area contributed by atoms with Crippen LogP contribution in [0.25, 0.3) is 0 Å². The molecule has 1 aliphatic heterocycles. The van der Waals surface area contributed by atoms with Gasteiger partial charge in [0.15, 0.2) is 11.5 Å². The van der Waals surface area contributed by atoms with Crippen LogP contribution in [-0.4, -0.2) is 50.0 Å². The van der Waals surface area contributed by atoms with E-state index in [0.717, 1.165) is 18.1 Å². The first-order valence-corrected chi connectivity index (χ1v) is 7.45. The van der Waals surface area contributed by atoms with E-state index in [9.17, 15) is 9.59 Å². The molecule has 2 aromatic heterocycles. The van der Waals surface area contributed by atoms with Crippen molar-refractivity contribution in [3.63, 3.8) is 0 Å². The molecule has 0 aliphatic carbocycles. The van der Waals surface area contributed by atoms with E-state index in [4.69, 9.17) is 0 Å². The summed E-state index contributed by atoms with van der Waals surface area (Å²) in [6, 6.07) is 3.36. The molecule has 0 saturated carbocycles. The Hall–Kier alpha value is -2.77. The fraction of sp³-hybridized carbons (Fsp3) is 0.400. The number of anilines is 1. The van der Waals surface area contributed by atoms with Crippen LogP contribution in [0.1, 0.15) is 41.4 Å². The number of nitrogens with one attached hydrogen (secondary N) is 2. The van der Waals surface area contributed by atoms with E-state index in [0.29, 0.717) is 18.8 Å². The summed E-state index contributed by atoms with van der Waals surface area (Å²) in [5, 5.41) is 9.65. The van der Waals surface area contributed by atoms with Crippen molar-refractivity contribution in [1.29, 1.82) is 0 Å². The van der Waals surface area contributed by atoms with E-state index in [2.05, 4.69) is 25.5 Å². The third kappa shape index (κ3) is 3.20. The van der Waals surface area contributed by atoms with Gasteiger partial charge in [-0.25, -0.2) is 9.97 Å². The first kappa shape index (κ1) is 15.1. The summed E-state index contributed by atoms with van der Waals surface area (Å²) in [4.78, 5) is 34.2. The number of aryl methyl sites for hydroxylation is 1. The zero-order chi connectivity index (χ0) is 16.4. The Bertz CT molecular complexity index is 741. The van der Waals surface area contributed by atoms with E-state index in [1.807, 2.05) is 6.92 Å². The standard InChI is InChI=1S/C15H18N6O2/c1-9-17-14(20-19-9)11-5-7-21(8-11)15(23)13-12(18-10(2)22)4-3-6-16-13/h3-4,6,11H,5,7-8H2,1-2H3,(H,18,22)(H,17,19,20). The summed E-state index contributed by atoms with van der Waals surface area (Å²) in [6.07, 6.45) is 2.36. The molecule has 0 bridgehead atoms. The van der Waals surface area contributed by atoms with Crippen LogP contribution >= 0.6 is 0 Å². The topological polar surface area (TPSA) is 104 Å². The minimum absolute atomic E-state index is 0.122. The van der Waals surface area contributed by atoms with E-state index < -0.39 is 0 Å². The number of aromatic nitrogens is 4. The Morgan fingerprint density at radius 2 is 2.26 bits per heavy atom. The van der Waals surface area contributed by atoms with Gasteiger partial charge >= 0.3 is 0 Å². The van der Waals surface area contributed by atoms with E-state index in [-0.39, 0.29) is 23.4 Å². The summed E-state index contributed by atoms with van der Waals surface area (Å²) in [6.45, 7) is 4.42. The van der Waals surface area contributed by atoms with E-state index in [1.54, 1.807) is 23.2 Å². The third-order valence-electron chi connectivity index (χ3n) is 3.78. The molecule has 1 unspecified atom stereocenters. The van der Waals surface area contributed by atoms with Gasteiger partial charge in [0.25, 0.3) is 5.91 Å². The summed E-state index contributed by atoms with van der Waals surface area (Å²) in [7, 11) is 0. The summed E-state index contributed by atoms with van der Waals surface area (Å²) >= 11 is 0. The Morgan fingerprint density at radius 1 is 1.43 bits per heavy atom. The Balaban J connectivity index is 1.76. The van der Waals surface area contributed by atoms with Crippen molar-refractivity contribution >= 4 is 17.5 Å². The normalized spacial score (nSPS) is 17.3. The van der Waals surface area contributed by atoms with Crippen LogP contribution in [0, 0.1) is 6.92 Å². The van der Waals surface area contributed by atoms with Crippen molar-refractivity contribution in [3.8, 4) is 0 Å². The number of rotatable bonds is 3. The largest absolute Gasteiger partial charge is 0.336 e. The number of hydrogen-bond donors (Lipinski definition) is 2. The second-order valence-electron chi connectivity index (χ2n) is 5.60. The van der Waals surface area contributed by atoms with Crippen molar-refractivity contribution in [1.82, 2.24) is 25.1 Å². The van der Waals surface area contributed by atoms with Crippen LogP contribution < -0.4 is 5.32 Å². The third-order valence-corrected chi connectivity index (χ3v) is 3.78. The zero-order valence-electron chi connectivity index (χ0n) is 13.0. The second kappa shape index (κ2) is 6.15. The molecule has 0 spiro atoms. The molecule has 1 atom stereocenters. The molecule has 8 heteroatoms. The summed E-state index contributed by atoms with van der Waals surface area (Å²) in [5.74, 6) is 1.20. The molecule has 0 radical (unpaired) electrons. The SMILES string of the molecule is CC(=O)Nc1cccnc1C(=O)N1CCC(c2n[nH]c(C)n2)C1. The fourth-order valence-electron chi connectivity index (χ4n) is 2.71. The fourth-order valence-corrected chi connectivity index (χ4v) is 2.71. The first-order chi connectivity index (χ1) is 11.0. The molecule has 120 valence electrons. The van der Waals surface area contributed by atoms with Crippen LogP contribution in [0.3, 0.4) is 0 Å². The number of pyridine rings is 1. The number of likely N-dealkylation sites (tertiary alicyclic amines) is 1. The minimum Gasteiger partial charge on any atom is -0.336 e. The van der Waals surface area contributed by atoms with Gasteiger partial charge in [-0.15, -0.1) is 0 Å². The van der Waals surface area contributed by atoms with Gasteiger partial charge in [-0.05, 0) is 25.5 Å². The van der Waals surface area contributed by atoms with Gasteiger partial charge in [-0.1, -0.05) is 0 Å². The summed E-state index contributed by atoms with van der Waals surface area (Å²) in [5.41, 5.74) is 0.691. The maximum absolute atomic E-state index is 12.7. The first-order valence-electron chi connectivity index (χ1n) is 7.45. The molecule has 8 nitrogen and oxygen atoms in total. The van der Waals surface area contributed by atoms with Crippen LogP contribution in [-0.2, 0) is 4.79 Å². The van der Waals surface area contributed by atoms with Crippen LogP contribution in [0.5, 0.6) is 0 Å². The lowest BCUT2D eigenvalue weighted by atomic mass is 10.1. The lowest BCUT2D eigenvalue weighted by Crippen LogP contribution is -2.30. The van der Waals surface area contributed by atoms with Crippen LogP contribution in [0.4, 0.5) is 5.69 Å². The second-order valence-corrected chi connectivity index (χ2v) is 5.60. The highest BCUT2D eigenvalue weighted by Crippen LogP contribution is 2.26. The molecule has 0 aromatic carbocycles. The van der Waals surface area contributed by atoms with Crippen molar-refractivity contribution in [2.45, 2.75) is 26.2 Å². The van der Waals surface area contributed by atoms with Crippen molar-refractivity contribution in [2.75, 3.05) is 18.4 Å². The number of H-pyrrole nitrogens is 1. The van der Waals surface area contributed by atoms with Crippen LogP contribution in [0.2, 0.25) is 0 Å². The monoisotopic (exact) mass is 314 g/mol. The molecule has 2 aromatic rings. The maximum Gasteiger partial charge on any atom is 0.274 e. The van der Waals surface area contributed by atoms with Gasteiger partial charge in [0.1, 0.15) is 5.82 Å². The van der Waals surface area contributed by atoms with Gasteiger partial charge in [0.2, 0.25) is 5.91 Å². The van der Waals surface area contributed by atoms with Crippen molar-refractivity contribution in [3.05, 3.63) is 35.7 Å². The molecule has 2 amide bonds. The lowest BCUT2D eigenvalue weighted by molar-refractivity contribution is -0.114. The van der Waals surface area contributed by atoms with Gasteiger partial charge in [0.05, 0.1) is 5.69 Å². The molecular formula is C15H18N6O2. The van der Waals surface area contributed by atoms with Gasteiger partial charge in [0, 0.05) is 32.1 Å². The number of amides is 2. The average molecular weight is 314 g/mol. The van der Waals surface area contributed by atoms with Crippen molar-refractivity contribution < 1.29 is 9.59 Å². The molecule has 2 N–H and O–H groups in total. The number of carbonyl (C=O) groups excluding carboxylic acids is 2. The van der Waals surface area contributed by atoms with Crippen molar-refractivity contribution in [2.24, 2.45) is 0 Å². The van der Waals surface area contributed by atoms with Gasteiger partial charge in [-0.2, -0.15) is 5.10 Å². The number of carbonyl (C=O) groups is 2. The number of hydrogen-bond acceptors (Lipinski definition) is 5. The molecule has 3 rings (SSSR count). The van der Waals surface area contributed by atoms with Gasteiger partial charge in [-0.3, -0.25) is 14.7 Å². The highest BCUT2D eigenvalue weighted by Gasteiger charge is 2.31. The minimum atomic E-state index is -0.234. The molecule has 1 saturated heterocycles. The molecule has 1 aliphatic rings. The predicted octanol–water partition coefficient (Wildman–Crippen LogP) is 1.10. The molecule has 23 heavy (non-hydrogen) atoms. The van der Waals surface area contributed by atoms with Gasteiger partial charge < -0.3 is 10.2 Å². The van der Waals surface area contributed by atoms with Crippen LogP contribution in [0.15, 0.2) is 18.3 Å². The predicted molar refractivity (Wildman–Crippen MR) is 82.9 cm³/mol. The number of nitrogens with zero attached hydrogens (tertiary/aromatic N) is 4. The Kier molecular flexibility index (Phi) is 4.05. The zero-order valence-corrected chi connectivity index (χ0v) is 13.0. The summed E-state index contributed by atoms with van der Waals surface area (Å²) < 4.78 is 0. The quantitative estimate of drug-likeness (QED) is 0.882. The van der Waals surface area contributed by atoms with E-state index >= 15 is 0 Å². The average Bonchev–Trinajstić information content (AvgIpc) is 3.15. The lowest BCUT2D eigenvalue weighted by Gasteiger charge is -2.17. The highest BCUT2D eigenvalue weighted by molar-refractivity contribution is 6.01. The molecule has 3 heterocycles. The Morgan fingerprint density at radius 3 is 2.96 bits per heavy atom. The Labute approximate surface area is 133 Å². The van der Waals surface area contributed by atoms with E-state index in [1.165, 1.54) is 6.92 Å². The number of aromatic amines is 1. The smallest absolute Gasteiger partial charge is 0.274 e. The maximum atomic E-state index is 12.7. The highest BCUT2D eigenvalue weighted by atomic mass is 16.2. The molecule has 1 fully saturated rings.